The van der Waals surface area contributed by atoms with Gasteiger partial charge in [0.15, 0.2) is 0 Å². The number of amides is 2. The van der Waals surface area contributed by atoms with Crippen molar-refractivity contribution in [3.05, 3.63) is 126 Å². The van der Waals surface area contributed by atoms with Crippen LogP contribution in [0.4, 0.5) is 14.5 Å². The van der Waals surface area contributed by atoms with Crippen LogP contribution in [0.1, 0.15) is 31.4 Å². The minimum atomic E-state index is -4.39. The van der Waals surface area contributed by atoms with Gasteiger partial charge in [0.25, 0.3) is 10.0 Å². The van der Waals surface area contributed by atoms with E-state index in [2.05, 4.69) is 5.32 Å². The molecule has 0 radical (unpaired) electrons. The van der Waals surface area contributed by atoms with E-state index in [0.717, 1.165) is 34.1 Å². The van der Waals surface area contributed by atoms with Gasteiger partial charge in [0.05, 0.1) is 17.2 Å². The summed E-state index contributed by atoms with van der Waals surface area (Å²) in [6, 6.07) is 24.2. The molecule has 0 fully saturated rings. The van der Waals surface area contributed by atoms with Gasteiger partial charge in [0, 0.05) is 19.5 Å². The van der Waals surface area contributed by atoms with Gasteiger partial charge < -0.3 is 15.0 Å². The van der Waals surface area contributed by atoms with Crippen LogP contribution in [0.2, 0.25) is 0 Å². The number of sulfonamides is 1. The molecule has 0 unspecified atom stereocenters. The van der Waals surface area contributed by atoms with Crippen LogP contribution >= 0.6 is 0 Å². The quantitative estimate of drug-likeness (QED) is 0.178. The monoisotopic (exact) mass is 649 g/mol. The lowest BCUT2D eigenvalue weighted by atomic mass is 10.0. The Kier molecular flexibility index (Phi) is 11.9. The van der Waals surface area contributed by atoms with Gasteiger partial charge in [-0.1, -0.05) is 49.4 Å². The zero-order valence-corrected chi connectivity index (χ0v) is 26.6. The molecule has 1 N–H and O–H groups in total. The molecule has 11 heteroatoms. The average molecular weight is 650 g/mol. The van der Waals surface area contributed by atoms with E-state index in [1.807, 2.05) is 44.2 Å². The topological polar surface area (TPSA) is 96.0 Å². The molecule has 0 aliphatic heterocycles. The molecule has 0 saturated carbocycles. The van der Waals surface area contributed by atoms with Crippen molar-refractivity contribution in [2.75, 3.05) is 24.0 Å². The van der Waals surface area contributed by atoms with Gasteiger partial charge in [-0.15, -0.1) is 0 Å². The highest BCUT2D eigenvalue weighted by Gasteiger charge is 2.34. The Balaban J connectivity index is 1.79. The number of benzene rings is 4. The Morgan fingerprint density at radius 2 is 1.41 bits per heavy atom. The third-order valence-electron chi connectivity index (χ3n) is 7.20. The molecule has 0 heterocycles. The Morgan fingerprint density at radius 3 is 2.00 bits per heavy atom. The molecule has 242 valence electrons. The maximum atomic E-state index is 14.4. The average Bonchev–Trinajstić information content (AvgIpc) is 3.06. The van der Waals surface area contributed by atoms with E-state index in [4.69, 9.17) is 4.74 Å². The molecule has 2 amide bonds. The lowest BCUT2D eigenvalue weighted by molar-refractivity contribution is -0.140. The summed E-state index contributed by atoms with van der Waals surface area (Å²) in [5.74, 6) is -1.65. The predicted molar refractivity (Wildman–Crippen MR) is 173 cm³/mol. The smallest absolute Gasteiger partial charge is 0.264 e. The molecule has 4 rings (SSSR count). The van der Waals surface area contributed by atoms with Crippen molar-refractivity contribution in [2.24, 2.45) is 0 Å². The number of carbonyl (C=O) groups excluding carboxylic acids is 2. The lowest BCUT2D eigenvalue weighted by Gasteiger charge is -2.34. The number of rotatable bonds is 15. The van der Waals surface area contributed by atoms with Crippen molar-refractivity contribution < 1.29 is 31.5 Å². The Labute approximate surface area is 268 Å². The molecular weight excluding hydrogens is 612 g/mol. The van der Waals surface area contributed by atoms with Crippen LogP contribution in [0.25, 0.3) is 0 Å². The van der Waals surface area contributed by atoms with Crippen LogP contribution in [-0.4, -0.2) is 50.9 Å². The number of ether oxygens (including phenoxy) is 1. The second-order valence-corrected chi connectivity index (χ2v) is 12.4. The first kappa shape index (κ1) is 34.1. The third kappa shape index (κ3) is 8.91. The Bertz CT molecular complexity index is 1690. The van der Waals surface area contributed by atoms with Gasteiger partial charge in [-0.05, 0) is 85.1 Å². The van der Waals surface area contributed by atoms with E-state index < -0.39 is 46.1 Å². The van der Waals surface area contributed by atoms with Crippen LogP contribution in [0.15, 0.2) is 108 Å². The van der Waals surface area contributed by atoms with Crippen molar-refractivity contribution >= 4 is 27.5 Å². The highest BCUT2D eigenvalue weighted by atomic mass is 32.2. The van der Waals surface area contributed by atoms with Crippen molar-refractivity contribution in [1.82, 2.24) is 10.2 Å². The summed E-state index contributed by atoms with van der Waals surface area (Å²) in [6.07, 6.45) is 0.814. The van der Waals surface area contributed by atoms with Crippen LogP contribution in [0, 0.1) is 11.6 Å². The van der Waals surface area contributed by atoms with Gasteiger partial charge >= 0.3 is 0 Å². The van der Waals surface area contributed by atoms with Crippen LogP contribution < -0.4 is 14.4 Å². The summed E-state index contributed by atoms with van der Waals surface area (Å²) in [5, 5.41) is 2.87. The SMILES string of the molecule is CCCNC(=O)[C@@H](Cc1ccccc1)N(Cc1ccc(F)cc1)C(=O)CN(c1ccc(OCC)cc1)S(=O)(=O)c1ccc(F)cc1. The molecule has 4 aromatic carbocycles. The van der Waals surface area contributed by atoms with Crippen LogP contribution in [-0.2, 0) is 32.6 Å². The van der Waals surface area contributed by atoms with E-state index in [1.54, 1.807) is 12.1 Å². The van der Waals surface area contributed by atoms with Gasteiger partial charge in [-0.3, -0.25) is 13.9 Å². The summed E-state index contributed by atoms with van der Waals surface area (Å²) in [4.78, 5) is 29.2. The number of nitrogens with zero attached hydrogens (tertiary/aromatic N) is 2. The molecule has 0 saturated heterocycles. The van der Waals surface area contributed by atoms with Gasteiger partial charge in [-0.2, -0.15) is 0 Å². The summed E-state index contributed by atoms with van der Waals surface area (Å²) in [7, 11) is -4.39. The van der Waals surface area contributed by atoms with E-state index in [0.29, 0.717) is 30.9 Å². The lowest BCUT2D eigenvalue weighted by Crippen LogP contribution is -2.53. The summed E-state index contributed by atoms with van der Waals surface area (Å²) in [5.41, 5.74) is 1.50. The fourth-order valence-corrected chi connectivity index (χ4v) is 6.26. The first-order valence-corrected chi connectivity index (χ1v) is 16.4. The zero-order chi connectivity index (χ0) is 33.1. The van der Waals surface area contributed by atoms with Crippen molar-refractivity contribution in [2.45, 2.75) is 44.2 Å². The van der Waals surface area contributed by atoms with Gasteiger partial charge in [-0.25, -0.2) is 17.2 Å². The van der Waals surface area contributed by atoms with E-state index in [9.17, 15) is 26.8 Å². The molecule has 0 spiro atoms. The summed E-state index contributed by atoms with van der Waals surface area (Å²) in [6.45, 7) is 3.72. The number of halogens is 2. The number of hydrogen-bond donors (Lipinski definition) is 1. The fraction of sp³-hybridized carbons (Fsp3) is 0.257. The van der Waals surface area contributed by atoms with E-state index in [1.165, 1.54) is 41.3 Å². The number of hydrogen-bond acceptors (Lipinski definition) is 5. The molecular formula is C35H37F2N3O5S. The van der Waals surface area contributed by atoms with Crippen LogP contribution in [0.3, 0.4) is 0 Å². The summed E-state index contributed by atoms with van der Waals surface area (Å²) >= 11 is 0. The highest BCUT2D eigenvalue weighted by molar-refractivity contribution is 7.92. The van der Waals surface area contributed by atoms with Gasteiger partial charge in [0.2, 0.25) is 11.8 Å². The first-order valence-electron chi connectivity index (χ1n) is 15.0. The van der Waals surface area contributed by atoms with Crippen molar-refractivity contribution in [3.63, 3.8) is 0 Å². The highest BCUT2D eigenvalue weighted by Crippen LogP contribution is 2.27. The molecule has 0 aliphatic carbocycles. The van der Waals surface area contributed by atoms with Crippen LogP contribution in [0.5, 0.6) is 5.75 Å². The van der Waals surface area contributed by atoms with E-state index >= 15 is 0 Å². The molecule has 8 nitrogen and oxygen atoms in total. The molecule has 4 aromatic rings. The maximum Gasteiger partial charge on any atom is 0.264 e. The minimum Gasteiger partial charge on any atom is -0.494 e. The van der Waals surface area contributed by atoms with Crippen molar-refractivity contribution in [3.8, 4) is 5.75 Å². The minimum absolute atomic E-state index is 0.0934. The number of anilines is 1. The van der Waals surface area contributed by atoms with E-state index in [-0.39, 0.29) is 23.5 Å². The van der Waals surface area contributed by atoms with Crippen molar-refractivity contribution in [1.29, 1.82) is 0 Å². The molecule has 0 aliphatic rings. The molecule has 1 atom stereocenters. The standard InChI is InChI=1S/C35H37F2N3O5S/c1-3-22-38-35(42)33(23-26-8-6-5-7-9-26)39(24-27-10-12-28(36)13-11-27)34(41)25-40(30-16-18-31(19-17-30)45-4-2)46(43,44)32-20-14-29(37)15-21-32/h5-21,33H,3-4,22-25H2,1-2H3,(H,38,42)/t33-/m1/s1. The maximum absolute atomic E-state index is 14.4. The largest absolute Gasteiger partial charge is 0.494 e. The zero-order valence-electron chi connectivity index (χ0n) is 25.7. The Morgan fingerprint density at radius 1 is 0.804 bits per heavy atom. The third-order valence-corrected chi connectivity index (χ3v) is 8.99. The molecule has 0 aromatic heterocycles. The normalized spacial score (nSPS) is 11.8. The second kappa shape index (κ2) is 16.0. The molecule has 46 heavy (non-hydrogen) atoms. The van der Waals surface area contributed by atoms with Gasteiger partial charge in [0.1, 0.15) is 30.0 Å². The second-order valence-electron chi connectivity index (χ2n) is 10.5. The molecule has 0 bridgehead atoms. The predicted octanol–water partition coefficient (Wildman–Crippen LogP) is 5.73. The number of carbonyl (C=O) groups is 2. The Hall–Kier alpha value is -4.77. The first-order chi connectivity index (χ1) is 22.1. The summed E-state index contributed by atoms with van der Waals surface area (Å²) < 4.78 is 62.0. The fourth-order valence-electron chi connectivity index (χ4n) is 4.84. The number of nitrogens with one attached hydrogen (secondary N) is 1.